The number of carbonyl (C=O) groups is 1. The number of hydrogen-bond donors (Lipinski definition) is 0. The lowest BCUT2D eigenvalue weighted by Crippen LogP contribution is -2.48. The van der Waals surface area contributed by atoms with Gasteiger partial charge in [-0.15, -0.1) is 10.2 Å². The summed E-state index contributed by atoms with van der Waals surface area (Å²) in [5.41, 5.74) is 2.33. The van der Waals surface area contributed by atoms with Crippen LogP contribution in [-0.4, -0.2) is 70.5 Å². The monoisotopic (exact) mass is 437 g/mol. The van der Waals surface area contributed by atoms with E-state index in [4.69, 9.17) is 13.7 Å². The molecule has 2 saturated heterocycles. The summed E-state index contributed by atoms with van der Waals surface area (Å²) in [6.07, 6.45) is 1.90. The molecule has 0 N–H and O–H groups in total. The second kappa shape index (κ2) is 9.22. The Morgan fingerprint density at radius 1 is 1.12 bits per heavy atom. The molecule has 1 aromatic carbocycles. The second-order valence-electron chi connectivity index (χ2n) is 8.34. The van der Waals surface area contributed by atoms with Crippen LogP contribution in [0.4, 0.5) is 0 Å². The number of carbonyl (C=O) groups excluding carboxylic acids is 1. The standard InChI is InChI=1S/C23H27N5O4/c1-16-20(21(26-32-16)17-6-3-2-4-7-17)22-25-24-19(31-22)15-27-9-5-8-18(14-27)23(29)28-10-12-30-13-11-28/h2-4,6-7,18H,5,8-15H2,1H3. The number of nitrogens with zero attached hydrogens (tertiary/aromatic N) is 5. The van der Waals surface area contributed by atoms with E-state index in [1.807, 2.05) is 42.2 Å². The largest absolute Gasteiger partial charge is 0.419 e. The lowest BCUT2D eigenvalue weighted by molar-refractivity contribution is -0.141. The molecule has 9 nitrogen and oxygen atoms in total. The van der Waals surface area contributed by atoms with Crippen LogP contribution < -0.4 is 0 Å². The fraction of sp³-hybridized carbons (Fsp3) is 0.478. The van der Waals surface area contributed by atoms with Crippen LogP contribution >= 0.6 is 0 Å². The summed E-state index contributed by atoms with van der Waals surface area (Å²) in [6.45, 7) is 6.59. The van der Waals surface area contributed by atoms with Crippen molar-refractivity contribution >= 4 is 5.91 Å². The van der Waals surface area contributed by atoms with Gasteiger partial charge in [0.25, 0.3) is 5.89 Å². The first-order chi connectivity index (χ1) is 15.7. The van der Waals surface area contributed by atoms with Crippen LogP contribution in [0.3, 0.4) is 0 Å². The van der Waals surface area contributed by atoms with Crippen LogP contribution in [0.1, 0.15) is 24.5 Å². The van der Waals surface area contributed by atoms with Gasteiger partial charge in [-0.05, 0) is 26.3 Å². The molecule has 1 atom stereocenters. The molecule has 0 aliphatic carbocycles. The molecular weight excluding hydrogens is 410 g/mol. The van der Waals surface area contributed by atoms with E-state index in [1.165, 1.54) is 0 Å². The minimum atomic E-state index is 0.00856. The third kappa shape index (κ3) is 4.31. The highest BCUT2D eigenvalue weighted by Crippen LogP contribution is 2.33. The summed E-state index contributed by atoms with van der Waals surface area (Å²) < 4.78 is 16.8. The molecule has 9 heteroatoms. The predicted molar refractivity (Wildman–Crippen MR) is 115 cm³/mol. The Labute approximate surface area is 186 Å². The van der Waals surface area contributed by atoms with Crippen molar-refractivity contribution in [3.63, 3.8) is 0 Å². The number of hydrogen-bond acceptors (Lipinski definition) is 8. The van der Waals surface area contributed by atoms with Gasteiger partial charge >= 0.3 is 0 Å². The summed E-state index contributed by atoms with van der Waals surface area (Å²) in [5.74, 6) is 1.80. The third-order valence-corrected chi connectivity index (χ3v) is 6.13. The third-order valence-electron chi connectivity index (χ3n) is 6.13. The Bertz CT molecular complexity index is 1060. The number of benzene rings is 1. The SMILES string of the molecule is Cc1onc(-c2ccccc2)c1-c1nnc(CN2CCCC(C(=O)N3CCOCC3)C2)o1. The van der Waals surface area contributed by atoms with Gasteiger partial charge in [0.15, 0.2) is 0 Å². The topological polar surface area (TPSA) is 97.7 Å². The van der Waals surface area contributed by atoms with Gasteiger partial charge in [-0.1, -0.05) is 35.5 Å². The van der Waals surface area contributed by atoms with Crippen molar-refractivity contribution in [2.24, 2.45) is 5.92 Å². The van der Waals surface area contributed by atoms with Crippen molar-refractivity contribution in [2.45, 2.75) is 26.3 Å². The van der Waals surface area contributed by atoms with E-state index >= 15 is 0 Å². The molecule has 1 unspecified atom stereocenters. The maximum absolute atomic E-state index is 12.9. The summed E-state index contributed by atoms with van der Waals surface area (Å²) in [5, 5.41) is 12.7. The van der Waals surface area contributed by atoms with E-state index in [9.17, 15) is 4.79 Å². The molecule has 3 aromatic rings. The highest BCUT2D eigenvalue weighted by molar-refractivity contribution is 5.79. The Kier molecular flexibility index (Phi) is 6.00. The number of morpholine rings is 1. The minimum Gasteiger partial charge on any atom is -0.419 e. The molecule has 0 radical (unpaired) electrons. The summed E-state index contributed by atoms with van der Waals surface area (Å²) in [6, 6.07) is 9.80. The van der Waals surface area contributed by atoms with Crippen LogP contribution in [0.2, 0.25) is 0 Å². The number of aromatic nitrogens is 3. The molecule has 2 aliphatic heterocycles. The molecule has 0 bridgehead atoms. The summed E-state index contributed by atoms with van der Waals surface area (Å²) in [4.78, 5) is 17.1. The number of ether oxygens (including phenoxy) is 1. The number of amides is 1. The molecule has 2 fully saturated rings. The van der Waals surface area contributed by atoms with Gasteiger partial charge < -0.3 is 18.6 Å². The normalized spacial score (nSPS) is 19.9. The first-order valence-corrected chi connectivity index (χ1v) is 11.1. The van der Waals surface area contributed by atoms with Crippen molar-refractivity contribution < 1.29 is 18.5 Å². The van der Waals surface area contributed by atoms with Crippen LogP contribution in [0.15, 0.2) is 39.3 Å². The fourth-order valence-corrected chi connectivity index (χ4v) is 4.47. The second-order valence-corrected chi connectivity index (χ2v) is 8.34. The first kappa shape index (κ1) is 20.8. The smallest absolute Gasteiger partial charge is 0.253 e. The Hall–Kier alpha value is -3.04. The van der Waals surface area contributed by atoms with Gasteiger partial charge in [0, 0.05) is 25.2 Å². The zero-order valence-electron chi connectivity index (χ0n) is 18.2. The van der Waals surface area contributed by atoms with E-state index < -0.39 is 0 Å². The molecule has 32 heavy (non-hydrogen) atoms. The van der Waals surface area contributed by atoms with Gasteiger partial charge in [-0.2, -0.15) is 0 Å². The van der Waals surface area contributed by atoms with Gasteiger partial charge in [0.2, 0.25) is 11.8 Å². The minimum absolute atomic E-state index is 0.00856. The Balaban J connectivity index is 1.28. The fourth-order valence-electron chi connectivity index (χ4n) is 4.47. The molecule has 1 amide bonds. The molecular formula is C23H27N5O4. The quantitative estimate of drug-likeness (QED) is 0.601. The molecule has 168 valence electrons. The van der Waals surface area contributed by atoms with Gasteiger partial charge in [-0.25, -0.2) is 0 Å². The highest BCUT2D eigenvalue weighted by Gasteiger charge is 2.31. The molecule has 2 aromatic heterocycles. The first-order valence-electron chi connectivity index (χ1n) is 11.1. The van der Waals surface area contributed by atoms with Crippen molar-refractivity contribution in [1.29, 1.82) is 0 Å². The molecule has 0 saturated carbocycles. The van der Waals surface area contributed by atoms with E-state index in [-0.39, 0.29) is 11.8 Å². The van der Waals surface area contributed by atoms with E-state index in [2.05, 4.69) is 20.3 Å². The Morgan fingerprint density at radius 2 is 1.94 bits per heavy atom. The lowest BCUT2D eigenvalue weighted by atomic mass is 9.96. The number of piperidine rings is 1. The Morgan fingerprint density at radius 3 is 2.75 bits per heavy atom. The number of aryl methyl sites for hydroxylation is 1. The summed E-state index contributed by atoms with van der Waals surface area (Å²) >= 11 is 0. The molecule has 0 spiro atoms. The molecule has 5 rings (SSSR count). The highest BCUT2D eigenvalue weighted by atomic mass is 16.5. The lowest BCUT2D eigenvalue weighted by Gasteiger charge is -2.35. The van der Waals surface area contributed by atoms with Crippen LogP contribution in [0, 0.1) is 12.8 Å². The van der Waals surface area contributed by atoms with Gasteiger partial charge in [0.1, 0.15) is 17.0 Å². The number of likely N-dealkylation sites (tertiary alicyclic amines) is 1. The van der Waals surface area contributed by atoms with Crippen molar-refractivity contribution in [3.8, 4) is 22.7 Å². The zero-order chi connectivity index (χ0) is 21.9. The van der Waals surface area contributed by atoms with E-state index in [0.29, 0.717) is 68.2 Å². The van der Waals surface area contributed by atoms with Crippen LogP contribution in [0.25, 0.3) is 22.7 Å². The van der Waals surface area contributed by atoms with Crippen molar-refractivity contribution in [1.82, 2.24) is 25.2 Å². The average molecular weight is 438 g/mol. The molecule has 4 heterocycles. The predicted octanol–water partition coefficient (Wildman–Crippen LogP) is 2.77. The van der Waals surface area contributed by atoms with Crippen molar-refractivity contribution in [2.75, 3.05) is 39.4 Å². The van der Waals surface area contributed by atoms with E-state index in [0.717, 1.165) is 24.9 Å². The van der Waals surface area contributed by atoms with E-state index in [1.54, 1.807) is 0 Å². The van der Waals surface area contributed by atoms with Gasteiger partial charge in [-0.3, -0.25) is 9.69 Å². The number of rotatable bonds is 5. The maximum Gasteiger partial charge on any atom is 0.253 e. The van der Waals surface area contributed by atoms with Crippen molar-refractivity contribution in [3.05, 3.63) is 42.0 Å². The zero-order valence-corrected chi connectivity index (χ0v) is 18.2. The maximum atomic E-state index is 12.9. The molecule has 2 aliphatic rings. The van der Waals surface area contributed by atoms with Gasteiger partial charge in [0.05, 0.1) is 25.7 Å². The summed E-state index contributed by atoms with van der Waals surface area (Å²) in [7, 11) is 0. The van der Waals surface area contributed by atoms with Crippen LogP contribution in [-0.2, 0) is 16.1 Å². The van der Waals surface area contributed by atoms with Crippen LogP contribution in [0.5, 0.6) is 0 Å². The average Bonchev–Trinajstić information content (AvgIpc) is 3.46.